The molecule has 0 unspecified atom stereocenters. The summed E-state index contributed by atoms with van der Waals surface area (Å²) in [5, 5.41) is 0. The summed E-state index contributed by atoms with van der Waals surface area (Å²) in [5.41, 5.74) is 0. The van der Waals surface area contributed by atoms with Gasteiger partial charge >= 0.3 is 126 Å². The minimum atomic E-state index is -1.27. The summed E-state index contributed by atoms with van der Waals surface area (Å²) in [7, 11) is 0. The van der Waals surface area contributed by atoms with Crippen LogP contribution >= 0.6 is 0 Å². The van der Waals surface area contributed by atoms with Crippen LogP contribution in [0.3, 0.4) is 0 Å². The molecule has 0 heterocycles. The SMILES string of the molecule is c1cc[c]([Sb]([CH]2CCCCC2)[CH]2CCCCC2)cc1. The van der Waals surface area contributed by atoms with Crippen molar-refractivity contribution in [1.29, 1.82) is 0 Å². The first-order valence-corrected chi connectivity index (χ1v) is 12.5. The maximum atomic E-state index is 2.48. The molecule has 1 aromatic rings. The van der Waals surface area contributed by atoms with E-state index in [0.29, 0.717) is 0 Å². The molecule has 0 nitrogen and oxygen atoms in total. The van der Waals surface area contributed by atoms with Crippen molar-refractivity contribution in [3.63, 3.8) is 0 Å². The molecule has 19 heavy (non-hydrogen) atoms. The van der Waals surface area contributed by atoms with Gasteiger partial charge in [-0.25, -0.2) is 0 Å². The van der Waals surface area contributed by atoms with Crippen LogP contribution in [-0.2, 0) is 0 Å². The van der Waals surface area contributed by atoms with E-state index < -0.39 is 20.2 Å². The quantitative estimate of drug-likeness (QED) is 0.657. The third kappa shape index (κ3) is 3.57. The topological polar surface area (TPSA) is 0 Å². The predicted octanol–water partition coefficient (Wildman–Crippen LogP) is 5.06. The van der Waals surface area contributed by atoms with Crippen LogP contribution in [0, 0.1) is 0 Å². The van der Waals surface area contributed by atoms with Crippen molar-refractivity contribution in [2.45, 2.75) is 71.9 Å². The first-order chi connectivity index (χ1) is 9.45. The molecule has 2 fully saturated rings. The van der Waals surface area contributed by atoms with E-state index >= 15 is 0 Å². The van der Waals surface area contributed by atoms with Crippen LogP contribution in [0.1, 0.15) is 64.2 Å². The van der Waals surface area contributed by atoms with E-state index in [9.17, 15) is 0 Å². The maximum absolute atomic E-state index is 2.48. The van der Waals surface area contributed by atoms with Gasteiger partial charge in [-0.05, 0) is 0 Å². The van der Waals surface area contributed by atoms with Crippen LogP contribution in [0.2, 0.25) is 7.73 Å². The number of hydrogen-bond donors (Lipinski definition) is 0. The van der Waals surface area contributed by atoms with Crippen LogP contribution in [-0.4, -0.2) is 20.2 Å². The standard InChI is InChI=1S/2C6H11.C6H5.Sb/c3*1-2-4-6-5-3-1;/h2*1H,2-6H2;1-5H;. The molecular weight excluding hydrogens is 338 g/mol. The normalized spacial score (nSPS) is 22.8. The van der Waals surface area contributed by atoms with E-state index in [4.69, 9.17) is 0 Å². The fraction of sp³-hybridized carbons (Fsp3) is 0.667. The molecule has 2 aliphatic carbocycles. The molecule has 2 aliphatic rings. The molecule has 0 aliphatic heterocycles. The molecule has 3 rings (SSSR count). The minimum absolute atomic E-state index is 1.15. The monoisotopic (exact) mass is 364 g/mol. The van der Waals surface area contributed by atoms with Gasteiger partial charge in [-0.1, -0.05) is 0 Å². The summed E-state index contributed by atoms with van der Waals surface area (Å²) < 4.78 is 4.13. The van der Waals surface area contributed by atoms with E-state index in [0.717, 1.165) is 7.73 Å². The second-order valence-corrected chi connectivity index (χ2v) is 14.3. The van der Waals surface area contributed by atoms with Crippen molar-refractivity contribution >= 4 is 23.7 Å². The van der Waals surface area contributed by atoms with Gasteiger partial charge in [-0.15, -0.1) is 0 Å². The van der Waals surface area contributed by atoms with Gasteiger partial charge in [0.05, 0.1) is 0 Å². The van der Waals surface area contributed by atoms with E-state index in [1.807, 2.05) is 3.51 Å². The summed E-state index contributed by atoms with van der Waals surface area (Å²) in [6.07, 6.45) is 15.3. The van der Waals surface area contributed by atoms with Gasteiger partial charge in [-0.3, -0.25) is 0 Å². The summed E-state index contributed by atoms with van der Waals surface area (Å²) in [4.78, 5) is 0. The number of benzene rings is 1. The van der Waals surface area contributed by atoms with Gasteiger partial charge in [0.25, 0.3) is 0 Å². The third-order valence-electron chi connectivity index (χ3n) is 4.99. The van der Waals surface area contributed by atoms with Gasteiger partial charge in [0, 0.05) is 0 Å². The molecular formula is C18H27Sb. The van der Waals surface area contributed by atoms with E-state index in [-0.39, 0.29) is 0 Å². The van der Waals surface area contributed by atoms with Crippen LogP contribution in [0.4, 0.5) is 0 Å². The molecule has 0 amide bonds. The summed E-state index contributed by atoms with van der Waals surface area (Å²) in [5.74, 6) is 0. The van der Waals surface area contributed by atoms with Gasteiger partial charge in [-0.2, -0.15) is 0 Å². The Morgan fingerprint density at radius 3 is 1.58 bits per heavy atom. The Hall–Kier alpha value is 0.0382. The van der Waals surface area contributed by atoms with Crippen LogP contribution in [0.15, 0.2) is 30.3 Å². The number of rotatable bonds is 3. The first kappa shape index (κ1) is 14.0. The summed E-state index contributed by atoms with van der Waals surface area (Å²) >= 11 is -1.27. The number of hydrogen-bond acceptors (Lipinski definition) is 0. The fourth-order valence-electron chi connectivity index (χ4n) is 4.04. The van der Waals surface area contributed by atoms with Crippen molar-refractivity contribution in [1.82, 2.24) is 0 Å². The van der Waals surface area contributed by atoms with Gasteiger partial charge in [0.2, 0.25) is 0 Å². The Labute approximate surface area is 125 Å². The summed E-state index contributed by atoms with van der Waals surface area (Å²) in [6.45, 7) is 0. The van der Waals surface area contributed by atoms with Crippen molar-refractivity contribution in [3.8, 4) is 0 Å². The average Bonchev–Trinajstić information content (AvgIpc) is 2.51. The summed E-state index contributed by atoms with van der Waals surface area (Å²) in [6, 6.07) is 11.7. The van der Waals surface area contributed by atoms with Crippen molar-refractivity contribution in [3.05, 3.63) is 30.3 Å². The molecule has 0 radical (unpaired) electrons. The molecule has 0 spiro atoms. The van der Waals surface area contributed by atoms with Crippen molar-refractivity contribution < 1.29 is 0 Å². The van der Waals surface area contributed by atoms with Crippen molar-refractivity contribution in [2.24, 2.45) is 0 Å². The second kappa shape index (κ2) is 7.16. The molecule has 0 atom stereocenters. The molecule has 1 heteroatoms. The molecule has 104 valence electrons. The van der Waals surface area contributed by atoms with Crippen LogP contribution in [0.5, 0.6) is 0 Å². The Bertz CT molecular complexity index is 343. The molecule has 0 bridgehead atoms. The molecule has 0 saturated heterocycles. The fourth-order valence-corrected chi connectivity index (χ4v) is 14.9. The zero-order valence-corrected chi connectivity index (χ0v) is 14.6. The average molecular weight is 365 g/mol. The molecule has 0 aromatic heterocycles. The Balaban J connectivity index is 1.81. The molecule has 0 N–H and O–H groups in total. The van der Waals surface area contributed by atoms with Crippen LogP contribution in [0.25, 0.3) is 0 Å². The predicted molar refractivity (Wildman–Crippen MR) is 85.5 cm³/mol. The Morgan fingerprint density at radius 1 is 0.632 bits per heavy atom. The van der Waals surface area contributed by atoms with Gasteiger partial charge in [0.1, 0.15) is 0 Å². The van der Waals surface area contributed by atoms with Gasteiger partial charge < -0.3 is 0 Å². The zero-order valence-electron chi connectivity index (χ0n) is 12.1. The zero-order chi connectivity index (χ0) is 12.9. The van der Waals surface area contributed by atoms with E-state index in [1.54, 1.807) is 25.7 Å². The second-order valence-electron chi connectivity index (χ2n) is 6.33. The Morgan fingerprint density at radius 2 is 1.11 bits per heavy atom. The Kier molecular flexibility index (Phi) is 5.28. The van der Waals surface area contributed by atoms with Crippen LogP contribution < -0.4 is 3.51 Å². The molecule has 1 aromatic carbocycles. The van der Waals surface area contributed by atoms with Crippen molar-refractivity contribution in [2.75, 3.05) is 0 Å². The van der Waals surface area contributed by atoms with Gasteiger partial charge in [0.15, 0.2) is 0 Å². The molecule has 2 saturated carbocycles. The first-order valence-electron chi connectivity index (χ1n) is 8.28. The van der Waals surface area contributed by atoms with E-state index in [1.165, 1.54) is 38.5 Å². The third-order valence-corrected chi connectivity index (χ3v) is 15.0. The van der Waals surface area contributed by atoms with E-state index in [2.05, 4.69) is 30.3 Å².